The summed E-state index contributed by atoms with van der Waals surface area (Å²) in [5.74, 6) is 0.802. The molecule has 1 saturated carbocycles. The lowest BCUT2D eigenvalue weighted by molar-refractivity contribution is 0.0210. The van der Waals surface area contributed by atoms with Gasteiger partial charge in [0.1, 0.15) is 11.9 Å². The van der Waals surface area contributed by atoms with Crippen LogP contribution in [0.5, 0.6) is 0 Å². The highest BCUT2D eigenvalue weighted by Crippen LogP contribution is 2.33. The first-order valence-electron chi connectivity index (χ1n) is 9.99. The predicted molar refractivity (Wildman–Crippen MR) is 114 cm³/mol. The molecule has 1 aliphatic carbocycles. The maximum absolute atomic E-state index is 10.3. The number of nitrogens with one attached hydrogen (secondary N) is 1. The lowest BCUT2D eigenvalue weighted by Gasteiger charge is -2.19. The predicted octanol–water partition coefficient (Wildman–Crippen LogP) is 3.40. The highest BCUT2D eigenvalue weighted by Gasteiger charge is 2.39. The fraction of sp³-hybridized carbons (Fsp3) is 0.304. The molecule has 4 aromatic rings. The quantitative estimate of drug-likeness (QED) is 0.501. The van der Waals surface area contributed by atoms with Crippen LogP contribution in [0.15, 0.2) is 54.7 Å². The second-order valence-electron chi connectivity index (χ2n) is 8.05. The minimum Gasteiger partial charge on any atom is -0.390 e. The second-order valence-corrected chi connectivity index (χ2v) is 8.05. The molecule has 148 valence electrons. The molecule has 6 heteroatoms. The van der Waals surface area contributed by atoms with Crippen molar-refractivity contribution in [1.29, 1.82) is 0 Å². The molecule has 1 fully saturated rings. The first-order valence-corrected chi connectivity index (χ1v) is 9.99. The van der Waals surface area contributed by atoms with Crippen molar-refractivity contribution >= 4 is 22.2 Å². The van der Waals surface area contributed by atoms with E-state index < -0.39 is 12.2 Å². The van der Waals surface area contributed by atoms with Gasteiger partial charge in [0, 0.05) is 17.8 Å². The number of aryl methyl sites for hydroxylation is 1. The minimum absolute atomic E-state index is 0.0475. The maximum atomic E-state index is 10.3. The van der Waals surface area contributed by atoms with Crippen molar-refractivity contribution in [3.63, 3.8) is 0 Å². The Morgan fingerprint density at radius 1 is 1.07 bits per heavy atom. The lowest BCUT2D eigenvalue weighted by atomic mass is 9.97. The van der Waals surface area contributed by atoms with Gasteiger partial charge in [0.2, 0.25) is 0 Å². The van der Waals surface area contributed by atoms with E-state index in [0.29, 0.717) is 6.42 Å². The number of hydrogen-bond acceptors (Lipinski definition) is 5. The molecule has 29 heavy (non-hydrogen) atoms. The van der Waals surface area contributed by atoms with Gasteiger partial charge in [-0.25, -0.2) is 4.98 Å². The van der Waals surface area contributed by atoms with Gasteiger partial charge in [0.15, 0.2) is 5.65 Å². The Balaban J connectivity index is 1.59. The van der Waals surface area contributed by atoms with Gasteiger partial charge in [-0.2, -0.15) is 9.61 Å². The molecule has 2 aromatic heterocycles. The number of benzene rings is 2. The van der Waals surface area contributed by atoms with Crippen molar-refractivity contribution < 1.29 is 10.2 Å². The second kappa shape index (κ2) is 6.83. The molecular weight excluding hydrogens is 364 g/mol. The summed E-state index contributed by atoms with van der Waals surface area (Å²) in [7, 11) is 0. The van der Waals surface area contributed by atoms with Crippen LogP contribution in [0.1, 0.15) is 18.9 Å². The summed E-state index contributed by atoms with van der Waals surface area (Å²) < 4.78 is 1.78. The zero-order valence-corrected chi connectivity index (χ0v) is 16.4. The first kappa shape index (κ1) is 18.1. The van der Waals surface area contributed by atoms with E-state index in [-0.39, 0.29) is 12.0 Å². The van der Waals surface area contributed by atoms with Crippen molar-refractivity contribution in [1.82, 2.24) is 14.6 Å². The summed E-state index contributed by atoms with van der Waals surface area (Å²) in [6.07, 6.45) is 0.920. The SMILES string of the molecule is Cc1ccc2ccccc2c1-c1cc2nccc(N[C@@H]3C[C@@H](C)[C@@H](O)[C@H]3O)n2n1. The summed E-state index contributed by atoms with van der Waals surface area (Å²) in [5.41, 5.74) is 3.86. The molecule has 6 nitrogen and oxygen atoms in total. The first-order chi connectivity index (χ1) is 14.0. The number of rotatable bonds is 3. The summed E-state index contributed by atoms with van der Waals surface area (Å²) >= 11 is 0. The molecule has 4 atom stereocenters. The van der Waals surface area contributed by atoms with Crippen LogP contribution in [0.2, 0.25) is 0 Å². The van der Waals surface area contributed by atoms with E-state index in [1.54, 1.807) is 10.7 Å². The van der Waals surface area contributed by atoms with Crippen molar-refractivity contribution in [3.05, 3.63) is 60.3 Å². The highest BCUT2D eigenvalue weighted by molar-refractivity contribution is 5.97. The molecule has 3 N–H and O–H groups in total. The molecule has 0 saturated heterocycles. The standard InChI is InChI=1S/C23H24N4O2/c1-13-7-8-15-5-3-4-6-16(15)21(13)17-12-20-24-10-9-19(27(20)26-17)25-18-11-14(2)22(28)23(18)29/h3-10,12,14,18,22-23,25,28-29H,11H2,1-2H3/t14-,18-,22-,23+/m1/s1. The molecule has 0 unspecified atom stereocenters. The minimum atomic E-state index is -0.802. The maximum Gasteiger partial charge on any atom is 0.157 e. The molecule has 1 aliphatic rings. The average Bonchev–Trinajstić information content (AvgIpc) is 3.25. The average molecular weight is 388 g/mol. The molecule has 0 spiro atoms. The lowest BCUT2D eigenvalue weighted by Crippen LogP contribution is -2.35. The topological polar surface area (TPSA) is 82.7 Å². The van der Waals surface area contributed by atoms with Gasteiger partial charge >= 0.3 is 0 Å². The van der Waals surface area contributed by atoms with Gasteiger partial charge in [-0.05, 0) is 41.7 Å². The van der Waals surface area contributed by atoms with E-state index in [1.165, 1.54) is 5.39 Å². The molecular formula is C23H24N4O2. The third-order valence-corrected chi connectivity index (χ3v) is 6.06. The van der Waals surface area contributed by atoms with Gasteiger partial charge in [0.05, 0.1) is 17.8 Å². The third kappa shape index (κ3) is 2.96. The Hall–Kier alpha value is -2.96. The van der Waals surface area contributed by atoms with Crippen LogP contribution in [0, 0.1) is 12.8 Å². The third-order valence-electron chi connectivity index (χ3n) is 6.06. The summed E-state index contributed by atoms with van der Waals surface area (Å²) in [5, 5.41) is 31.0. The Kier molecular flexibility index (Phi) is 4.26. The van der Waals surface area contributed by atoms with E-state index >= 15 is 0 Å². The van der Waals surface area contributed by atoms with Crippen LogP contribution in [0.3, 0.4) is 0 Å². The van der Waals surface area contributed by atoms with E-state index in [1.807, 2.05) is 31.2 Å². The zero-order valence-electron chi connectivity index (χ0n) is 16.4. The number of hydrogen-bond donors (Lipinski definition) is 3. The van der Waals surface area contributed by atoms with Crippen molar-refractivity contribution in [2.24, 2.45) is 5.92 Å². The van der Waals surface area contributed by atoms with E-state index in [9.17, 15) is 10.2 Å². The normalized spacial score (nSPS) is 24.4. The van der Waals surface area contributed by atoms with Crippen LogP contribution >= 0.6 is 0 Å². The van der Waals surface area contributed by atoms with Crippen molar-refractivity contribution in [2.75, 3.05) is 5.32 Å². The van der Waals surface area contributed by atoms with Crippen LogP contribution in [0.25, 0.3) is 27.7 Å². The number of aliphatic hydroxyl groups is 2. The Labute approximate surface area is 168 Å². The molecule has 0 bridgehead atoms. The van der Waals surface area contributed by atoms with Gasteiger partial charge in [-0.1, -0.05) is 43.3 Å². The summed E-state index contributed by atoms with van der Waals surface area (Å²) in [6, 6.07) is 16.2. The zero-order chi connectivity index (χ0) is 20.1. The number of fused-ring (bicyclic) bond motifs is 2. The van der Waals surface area contributed by atoms with Gasteiger partial charge < -0.3 is 15.5 Å². The fourth-order valence-electron chi connectivity index (χ4n) is 4.44. The van der Waals surface area contributed by atoms with E-state index in [4.69, 9.17) is 5.10 Å². The van der Waals surface area contributed by atoms with Crippen molar-refractivity contribution in [3.8, 4) is 11.3 Å². The number of nitrogens with zero attached hydrogens (tertiary/aromatic N) is 3. The molecule has 5 rings (SSSR count). The fourth-order valence-corrected chi connectivity index (χ4v) is 4.44. The molecule has 0 radical (unpaired) electrons. The number of anilines is 1. The van der Waals surface area contributed by atoms with Crippen LogP contribution < -0.4 is 5.32 Å². The van der Waals surface area contributed by atoms with E-state index in [0.717, 1.165) is 33.7 Å². The number of aliphatic hydroxyl groups excluding tert-OH is 2. The van der Waals surface area contributed by atoms with Crippen LogP contribution in [-0.4, -0.2) is 43.1 Å². The molecule has 2 heterocycles. The van der Waals surface area contributed by atoms with Gasteiger partial charge in [-0.15, -0.1) is 0 Å². The monoisotopic (exact) mass is 388 g/mol. The Morgan fingerprint density at radius 2 is 1.90 bits per heavy atom. The Morgan fingerprint density at radius 3 is 2.69 bits per heavy atom. The molecule has 0 aliphatic heterocycles. The van der Waals surface area contributed by atoms with Gasteiger partial charge in [0.25, 0.3) is 0 Å². The van der Waals surface area contributed by atoms with Crippen LogP contribution in [-0.2, 0) is 0 Å². The Bertz CT molecular complexity index is 1200. The highest BCUT2D eigenvalue weighted by atomic mass is 16.3. The summed E-state index contributed by atoms with van der Waals surface area (Å²) in [6.45, 7) is 4.04. The van der Waals surface area contributed by atoms with E-state index in [2.05, 4.69) is 41.5 Å². The largest absolute Gasteiger partial charge is 0.390 e. The smallest absolute Gasteiger partial charge is 0.157 e. The molecule has 0 amide bonds. The van der Waals surface area contributed by atoms with Crippen molar-refractivity contribution in [2.45, 2.75) is 38.5 Å². The molecule has 2 aromatic carbocycles. The number of aromatic nitrogens is 3. The van der Waals surface area contributed by atoms with Crippen LogP contribution in [0.4, 0.5) is 5.82 Å². The summed E-state index contributed by atoms with van der Waals surface area (Å²) in [4.78, 5) is 4.47. The van der Waals surface area contributed by atoms with Gasteiger partial charge in [-0.3, -0.25) is 0 Å².